The minimum atomic E-state index is 0.319. The maximum atomic E-state index is 4.03. The normalized spacial score (nSPS) is 13.0. The van der Waals surface area contributed by atoms with E-state index in [1.54, 1.807) is 0 Å². The molecule has 92 valence electrons. The van der Waals surface area contributed by atoms with Gasteiger partial charge in [-0.3, -0.25) is 0 Å². The van der Waals surface area contributed by atoms with Gasteiger partial charge in [0.25, 0.3) is 0 Å². The summed E-state index contributed by atoms with van der Waals surface area (Å²) in [5, 5.41) is 11.6. The summed E-state index contributed by atoms with van der Waals surface area (Å²) in [4.78, 5) is 0. The van der Waals surface area contributed by atoms with E-state index in [4.69, 9.17) is 0 Å². The maximum absolute atomic E-state index is 4.03. The second kappa shape index (κ2) is 7.29. The van der Waals surface area contributed by atoms with E-state index in [9.17, 15) is 0 Å². The Bertz CT molecular complexity index is 288. The van der Waals surface area contributed by atoms with Crippen molar-refractivity contribution in [2.75, 3.05) is 18.1 Å². The summed E-state index contributed by atoms with van der Waals surface area (Å²) in [6, 6.07) is 0.319. The van der Waals surface area contributed by atoms with Gasteiger partial charge in [0, 0.05) is 12.8 Å². The van der Waals surface area contributed by atoms with Gasteiger partial charge in [0.15, 0.2) is 4.60 Å². The van der Waals surface area contributed by atoms with Crippen LogP contribution < -0.4 is 5.32 Å². The second-order valence-corrected chi connectivity index (χ2v) is 5.63. The van der Waals surface area contributed by atoms with Gasteiger partial charge in [-0.05, 0) is 34.6 Å². The Hall–Kier alpha value is -0.0700. The molecular weight excluding hydrogens is 288 g/mol. The zero-order valence-electron chi connectivity index (χ0n) is 10.0. The van der Waals surface area contributed by atoms with Gasteiger partial charge in [0.1, 0.15) is 0 Å². The fourth-order valence-corrected chi connectivity index (χ4v) is 2.85. The first kappa shape index (κ1) is 14.0. The molecule has 0 aliphatic heterocycles. The summed E-state index contributed by atoms with van der Waals surface area (Å²) in [5.41, 5.74) is 1.13. The van der Waals surface area contributed by atoms with Crippen LogP contribution in [0.4, 0.5) is 0 Å². The zero-order valence-corrected chi connectivity index (χ0v) is 12.4. The molecule has 1 N–H and O–H groups in total. The molecule has 1 atom stereocenters. The third-order valence-corrected chi connectivity index (χ3v) is 3.83. The van der Waals surface area contributed by atoms with Gasteiger partial charge < -0.3 is 5.32 Å². The number of aryl methyl sites for hydroxylation is 1. The van der Waals surface area contributed by atoms with E-state index in [1.807, 2.05) is 23.5 Å². The SMILES string of the molecule is CCCNC(CSCC)c1c(Br)nnn1C. The lowest BCUT2D eigenvalue weighted by molar-refractivity contribution is 0.531. The van der Waals surface area contributed by atoms with Gasteiger partial charge >= 0.3 is 0 Å². The number of hydrogen-bond donors (Lipinski definition) is 1. The van der Waals surface area contributed by atoms with Gasteiger partial charge in [0.2, 0.25) is 0 Å². The van der Waals surface area contributed by atoms with Gasteiger partial charge in [-0.1, -0.05) is 19.1 Å². The highest BCUT2D eigenvalue weighted by Crippen LogP contribution is 2.23. The number of rotatable bonds is 7. The van der Waals surface area contributed by atoms with Crippen molar-refractivity contribution < 1.29 is 0 Å². The molecule has 0 aliphatic carbocycles. The van der Waals surface area contributed by atoms with E-state index >= 15 is 0 Å². The Morgan fingerprint density at radius 1 is 1.50 bits per heavy atom. The molecule has 6 heteroatoms. The van der Waals surface area contributed by atoms with E-state index in [2.05, 4.69) is 45.4 Å². The minimum Gasteiger partial charge on any atom is -0.308 e. The van der Waals surface area contributed by atoms with Crippen LogP contribution in [0.2, 0.25) is 0 Å². The quantitative estimate of drug-likeness (QED) is 0.840. The number of halogens is 1. The van der Waals surface area contributed by atoms with Crippen LogP contribution in [-0.4, -0.2) is 33.0 Å². The van der Waals surface area contributed by atoms with Crippen LogP contribution >= 0.6 is 27.7 Å². The van der Waals surface area contributed by atoms with Crippen LogP contribution in [0, 0.1) is 0 Å². The van der Waals surface area contributed by atoms with Gasteiger partial charge in [-0.25, -0.2) is 4.68 Å². The Kier molecular flexibility index (Phi) is 6.38. The molecule has 0 bridgehead atoms. The minimum absolute atomic E-state index is 0.319. The lowest BCUT2D eigenvalue weighted by atomic mass is 10.2. The largest absolute Gasteiger partial charge is 0.308 e. The third-order valence-electron chi connectivity index (χ3n) is 2.29. The Morgan fingerprint density at radius 3 is 2.75 bits per heavy atom. The van der Waals surface area contributed by atoms with E-state index < -0.39 is 0 Å². The molecular formula is C10H19BrN4S. The molecule has 0 saturated carbocycles. The van der Waals surface area contributed by atoms with Crippen LogP contribution in [0.25, 0.3) is 0 Å². The fourth-order valence-electron chi connectivity index (χ4n) is 1.50. The van der Waals surface area contributed by atoms with Crippen molar-refractivity contribution in [3.8, 4) is 0 Å². The number of aromatic nitrogens is 3. The molecule has 1 heterocycles. The van der Waals surface area contributed by atoms with Gasteiger partial charge in [-0.15, -0.1) is 5.10 Å². The van der Waals surface area contributed by atoms with Crippen LogP contribution in [0.1, 0.15) is 32.0 Å². The van der Waals surface area contributed by atoms with Crippen molar-refractivity contribution in [2.45, 2.75) is 26.3 Å². The van der Waals surface area contributed by atoms with Gasteiger partial charge in [0.05, 0.1) is 11.7 Å². The van der Waals surface area contributed by atoms with E-state index in [0.29, 0.717) is 6.04 Å². The van der Waals surface area contributed by atoms with Gasteiger partial charge in [-0.2, -0.15) is 11.8 Å². The summed E-state index contributed by atoms with van der Waals surface area (Å²) in [5.74, 6) is 2.18. The summed E-state index contributed by atoms with van der Waals surface area (Å²) in [6.07, 6.45) is 1.14. The molecule has 0 radical (unpaired) electrons. The maximum Gasteiger partial charge on any atom is 0.153 e. The van der Waals surface area contributed by atoms with Crippen molar-refractivity contribution in [3.63, 3.8) is 0 Å². The number of nitrogens with one attached hydrogen (secondary N) is 1. The first-order valence-corrected chi connectivity index (χ1v) is 7.51. The van der Waals surface area contributed by atoms with E-state index in [-0.39, 0.29) is 0 Å². The summed E-state index contributed by atoms with van der Waals surface area (Å²) in [7, 11) is 1.93. The van der Waals surface area contributed by atoms with Crippen LogP contribution in [0.15, 0.2) is 4.60 Å². The highest BCUT2D eigenvalue weighted by atomic mass is 79.9. The smallest absolute Gasteiger partial charge is 0.153 e. The van der Waals surface area contributed by atoms with Crippen LogP contribution in [0.5, 0.6) is 0 Å². The Morgan fingerprint density at radius 2 is 2.25 bits per heavy atom. The molecule has 0 saturated heterocycles. The van der Waals surface area contributed by atoms with Crippen molar-refractivity contribution >= 4 is 27.7 Å². The summed E-state index contributed by atoms with van der Waals surface area (Å²) >= 11 is 5.39. The predicted octanol–water partition coefficient (Wildman–Crippen LogP) is 2.37. The third kappa shape index (κ3) is 3.75. The first-order valence-electron chi connectivity index (χ1n) is 5.56. The Balaban J connectivity index is 2.74. The molecule has 0 aliphatic rings. The topological polar surface area (TPSA) is 42.7 Å². The zero-order chi connectivity index (χ0) is 12.0. The van der Waals surface area contributed by atoms with Crippen LogP contribution in [0.3, 0.4) is 0 Å². The van der Waals surface area contributed by atoms with E-state index in [0.717, 1.165) is 34.8 Å². The molecule has 16 heavy (non-hydrogen) atoms. The Labute approximate surface area is 110 Å². The van der Waals surface area contributed by atoms with Crippen molar-refractivity contribution in [1.29, 1.82) is 0 Å². The lowest BCUT2D eigenvalue weighted by Crippen LogP contribution is -2.26. The first-order chi connectivity index (χ1) is 7.70. The van der Waals surface area contributed by atoms with Crippen molar-refractivity contribution in [2.24, 2.45) is 7.05 Å². The average molecular weight is 307 g/mol. The second-order valence-electron chi connectivity index (χ2n) is 3.56. The number of nitrogens with zero attached hydrogens (tertiary/aromatic N) is 3. The molecule has 1 unspecified atom stereocenters. The standard InChI is InChI=1S/C10H19BrN4S/c1-4-6-12-8(7-16-5-2)9-10(11)13-14-15(9)3/h8,12H,4-7H2,1-3H3. The molecule has 0 amide bonds. The molecule has 0 spiro atoms. The monoisotopic (exact) mass is 306 g/mol. The molecule has 1 rings (SSSR count). The molecule has 4 nitrogen and oxygen atoms in total. The van der Waals surface area contributed by atoms with Crippen molar-refractivity contribution in [1.82, 2.24) is 20.3 Å². The molecule has 0 fully saturated rings. The average Bonchev–Trinajstić information content (AvgIpc) is 2.60. The highest BCUT2D eigenvalue weighted by Gasteiger charge is 2.19. The molecule has 1 aromatic rings. The van der Waals surface area contributed by atoms with Crippen molar-refractivity contribution in [3.05, 3.63) is 10.3 Å². The highest BCUT2D eigenvalue weighted by molar-refractivity contribution is 9.10. The number of thioether (sulfide) groups is 1. The van der Waals surface area contributed by atoms with Crippen LogP contribution in [-0.2, 0) is 7.05 Å². The molecule has 1 aromatic heterocycles. The summed E-state index contributed by atoms with van der Waals surface area (Å²) < 4.78 is 2.69. The lowest BCUT2D eigenvalue weighted by Gasteiger charge is -2.18. The van der Waals surface area contributed by atoms with E-state index in [1.165, 1.54) is 0 Å². The summed E-state index contributed by atoms with van der Waals surface area (Å²) in [6.45, 7) is 5.37. The molecule has 0 aromatic carbocycles. The number of hydrogen-bond acceptors (Lipinski definition) is 4. The fraction of sp³-hybridized carbons (Fsp3) is 0.800. The predicted molar refractivity (Wildman–Crippen MR) is 72.7 cm³/mol.